The number of phenols is 3. The van der Waals surface area contributed by atoms with Gasteiger partial charge in [-0.3, -0.25) is 9.59 Å². The molecule has 0 spiro atoms. The number of phenolic OH excluding ortho intramolecular Hbond substituents is 3. The average Bonchev–Trinajstić information content (AvgIpc) is 2.62. The SMILES string of the molecule is COc1cc(/C=C/C(=O)CC(=O)/C=C/c2ccc(O)c(O)c2)ccc1O. The van der Waals surface area contributed by atoms with Crippen LogP contribution in [0.4, 0.5) is 0 Å². The van der Waals surface area contributed by atoms with E-state index in [0.29, 0.717) is 11.1 Å². The molecule has 2 aromatic rings. The molecule has 0 bridgehead atoms. The van der Waals surface area contributed by atoms with Gasteiger partial charge in [-0.25, -0.2) is 0 Å². The summed E-state index contributed by atoms with van der Waals surface area (Å²) in [4.78, 5) is 23.7. The predicted octanol–water partition coefficient (Wildman–Crippen LogP) is 3.07. The molecule has 0 aliphatic rings. The number of methoxy groups -OCH3 is 1. The molecule has 0 amide bonds. The predicted molar refractivity (Wildman–Crippen MR) is 97.1 cm³/mol. The van der Waals surface area contributed by atoms with Gasteiger partial charge in [-0.05, 0) is 47.5 Å². The standard InChI is InChI=1S/C20H18O6/c1-26-20-11-14(5-9-18(20)24)3-7-16(22)12-15(21)6-2-13-4-8-17(23)19(25)10-13/h2-11,23-25H,12H2,1H3/b6-2+,7-3+. The molecule has 2 rings (SSSR count). The molecular formula is C20H18O6. The quantitative estimate of drug-likeness (QED) is 0.401. The van der Waals surface area contributed by atoms with E-state index in [4.69, 9.17) is 4.74 Å². The molecule has 0 saturated heterocycles. The first-order valence-corrected chi connectivity index (χ1v) is 7.70. The van der Waals surface area contributed by atoms with Crippen molar-refractivity contribution in [3.63, 3.8) is 0 Å². The maximum Gasteiger partial charge on any atom is 0.163 e. The van der Waals surface area contributed by atoms with Crippen LogP contribution in [0.1, 0.15) is 17.5 Å². The number of allylic oxidation sites excluding steroid dienone is 2. The minimum atomic E-state index is -0.393. The fourth-order valence-electron chi connectivity index (χ4n) is 2.11. The topological polar surface area (TPSA) is 104 Å². The summed E-state index contributed by atoms with van der Waals surface area (Å²) in [7, 11) is 1.42. The molecule has 0 heterocycles. The lowest BCUT2D eigenvalue weighted by Crippen LogP contribution is -2.01. The first-order chi connectivity index (χ1) is 12.4. The summed E-state index contributed by atoms with van der Waals surface area (Å²) < 4.78 is 4.98. The summed E-state index contributed by atoms with van der Waals surface area (Å²) in [6.07, 6.45) is 5.19. The van der Waals surface area contributed by atoms with Crippen molar-refractivity contribution in [3.05, 3.63) is 59.7 Å². The lowest BCUT2D eigenvalue weighted by Gasteiger charge is -2.03. The van der Waals surface area contributed by atoms with Gasteiger partial charge in [0.2, 0.25) is 0 Å². The van der Waals surface area contributed by atoms with Crippen molar-refractivity contribution in [2.75, 3.05) is 7.11 Å². The lowest BCUT2D eigenvalue weighted by atomic mass is 10.1. The second-order valence-corrected chi connectivity index (χ2v) is 5.46. The zero-order valence-electron chi connectivity index (χ0n) is 14.0. The van der Waals surface area contributed by atoms with Crippen LogP contribution in [-0.4, -0.2) is 34.0 Å². The van der Waals surface area contributed by atoms with Crippen molar-refractivity contribution >= 4 is 23.7 Å². The number of benzene rings is 2. The molecule has 3 N–H and O–H groups in total. The molecule has 134 valence electrons. The number of carbonyl (C=O) groups is 2. The molecule has 6 heteroatoms. The van der Waals surface area contributed by atoms with Crippen LogP contribution in [0.15, 0.2) is 48.6 Å². The van der Waals surface area contributed by atoms with E-state index in [1.165, 1.54) is 55.7 Å². The van der Waals surface area contributed by atoms with Gasteiger partial charge in [-0.15, -0.1) is 0 Å². The van der Waals surface area contributed by atoms with Crippen molar-refractivity contribution in [2.45, 2.75) is 6.42 Å². The Morgan fingerprint density at radius 1 is 0.846 bits per heavy atom. The largest absolute Gasteiger partial charge is 0.504 e. The maximum atomic E-state index is 11.9. The Kier molecular flexibility index (Phi) is 6.16. The lowest BCUT2D eigenvalue weighted by molar-refractivity contribution is -0.121. The van der Waals surface area contributed by atoms with Crippen LogP contribution in [0.25, 0.3) is 12.2 Å². The van der Waals surface area contributed by atoms with Crippen molar-refractivity contribution < 1.29 is 29.6 Å². The zero-order valence-corrected chi connectivity index (χ0v) is 14.0. The van der Waals surface area contributed by atoms with Gasteiger partial charge < -0.3 is 20.1 Å². The van der Waals surface area contributed by atoms with Crippen molar-refractivity contribution in [3.8, 4) is 23.0 Å². The summed E-state index contributed by atoms with van der Waals surface area (Å²) in [5.74, 6) is -1.02. The first-order valence-electron chi connectivity index (χ1n) is 7.70. The van der Waals surface area contributed by atoms with Gasteiger partial charge in [0.1, 0.15) is 0 Å². The van der Waals surface area contributed by atoms with Gasteiger partial charge in [0, 0.05) is 0 Å². The van der Waals surface area contributed by atoms with Gasteiger partial charge in [-0.2, -0.15) is 0 Å². The molecule has 6 nitrogen and oxygen atoms in total. The van der Waals surface area contributed by atoms with E-state index in [2.05, 4.69) is 0 Å². The highest BCUT2D eigenvalue weighted by molar-refractivity contribution is 6.10. The van der Waals surface area contributed by atoms with Crippen LogP contribution < -0.4 is 4.74 Å². The Balaban J connectivity index is 1.95. The average molecular weight is 354 g/mol. The molecule has 0 atom stereocenters. The first kappa shape index (κ1) is 18.8. The Hall–Kier alpha value is -3.54. The van der Waals surface area contributed by atoms with Gasteiger partial charge in [-0.1, -0.05) is 24.3 Å². The van der Waals surface area contributed by atoms with Crippen LogP contribution in [0.5, 0.6) is 23.0 Å². The highest BCUT2D eigenvalue weighted by atomic mass is 16.5. The van der Waals surface area contributed by atoms with Crippen molar-refractivity contribution in [1.82, 2.24) is 0 Å². The third-order valence-corrected chi connectivity index (χ3v) is 3.48. The molecule has 0 saturated carbocycles. The Labute approximate surface area is 150 Å². The smallest absolute Gasteiger partial charge is 0.163 e. The molecular weight excluding hydrogens is 336 g/mol. The van der Waals surface area contributed by atoms with Crippen LogP contribution in [0.2, 0.25) is 0 Å². The second-order valence-electron chi connectivity index (χ2n) is 5.46. The molecule has 0 aliphatic carbocycles. The van der Waals surface area contributed by atoms with Gasteiger partial charge in [0.15, 0.2) is 34.6 Å². The monoisotopic (exact) mass is 354 g/mol. The number of hydrogen-bond donors (Lipinski definition) is 3. The highest BCUT2D eigenvalue weighted by Crippen LogP contribution is 2.27. The van der Waals surface area contributed by atoms with E-state index in [1.807, 2.05) is 0 Å². The van der Waals surface area contributed by atoms with Crippen molar-refractivity contribution in [2.24, 2.45) is 0 Å². The minimum Gasteiger partial charge on any atom is -0.504 e. The van der Waals surface area contributed by atoms with Crippen LogP contribution in [0.3, 0.4) is 0 Å². The number of hydrogen-bond acceptors (Lipinski definition) is 6. The van der Waals surface area contributed by atoms with Gasteiger partial charge in [0.05, 0.1) is 13.5 Å². The van der Waals surface area contributed by atoms with Crippen LogP contribution >= 0.6 is 0 Å². The molecule has 0 radical (unpaired) electrons. The molecule has 0 unspecified atom stereocenters. The summed E-state index contributed by atoms with van der Waals surface area (Å²) in [6, 6.07) is 8.76. The number of carbonyl (C=O) groups excluding carboxylic acids is 2. The van der Waals surface area contributed by atoms with E-state index in [1.54, 1.807) is 12.1 Å². The Morgan fingerprint density at radius 2 is 1.38 bits per heavy atom. The molecule has 0 aliphatic heterocycles. The Bertz CT molecular complexity index is 880. The van der Waals surface area contributed by atoms with E-state index in [9.17, 15) is 24.9 Å². The van der Waals surface area contributed by atoms with Gasteiger partial charge in [0.25, 0.3) is 0 Å². The normalized spacial score (nSPS) is 11.1. The number of ether oxygens (including phenoxy) is 1. The molecule has 2 aromatic carbocycles. The highest BCUT2D eigenvalue weighted by Gasteiger charge is 2.05. The fraction of sp³-hybridized carbons (Fsp3) is 0.100. The Morgan fingerprint density at radius 3 is 1.92 bits per heavy atom. The molecule has 26 heavy (non-hydrogen) atoms. The third kappa shape index (κ3) is 5.24. The third-order valence-electron chi connectivity index (χ3n) is 3.48. The molecule has 0 fully saturated rings. The second kappa shape index (κ2) is 8.53. The zero-order chi connectivity index (χ0) is 19.1. The fourth-order valence-corrected chi connectivity index (χ4v) is 2.11. The number of rotatable bonds is 7. The van der Waals surface area contributed by atoms with E-state index >= 15 is 0 Å². The van der Waals surface area contributed by atoms with Crippen molar-refractivity contribution in [1.29, 1.82) is 0 Å². The van der Waals surface area contributed by atoms with E-state index < -0.39 is 5.78 Å². The number of ketones is 2. The summed E-state index contributed by atoms with van der Waals surface area (Å²) in [5.41, 5.74) is 1.17. The van der Waals surface area contributed by atoms with Crippen LogP contribution in [0, 0.1) is 0 Å². The molecule has 0 aromatic heterocycles. The van der Waals surface area contributed by atoms with Crippen LogP contribution in [-0.2, 0) is 9.59 Å². The summed E-state index contributed by atoms with van der Waals surface area (Å²) in [6.45, 7) is 0. The maximum absolute atomic E-state index is 11.9. The van der Waals surface area contributed by atoms with Gasteiger partial charge >= 0.3 is 0 Å². The number of aromatic hydroxyl groups is 3. The summed E-state index contributed by atoms with van der Waals surface area (Å²) >= 11 is 0. The summed E-state index contributed by atoms with van der Waals surface area (Å²) in [5, 5.41) is 28.1. The van der Waals surface area contributed by atoms with E-state index in [0.717, 1.165) is 0 Å². The van der Waals surface area contributed by atoms with E-state index in [-0.39, 0.29) is 35.2 Å². The minimum absolute atomic E-state index is 0.00319.